The molecule has 0 unspecified atom stereocenters. The van der Waals surface area contributed by atoms with E-state index in [0.717, 1.165) is 17.8 Å². The number of esters is 1. The van der Waals surface area contributed by atoms with Gasteiger partial charge in [0.05, 0.1) is 28.8 Å². The molecule has 2 heterocycles. The second kappa shape index (κ2) is 11.0. The van der Waals surface area contributed by atoms with E-state index in [1.165, 1.54) is 13.3 Å². The summed E-state index contributed by atoms with van der Waals surface area (Å²) in [5, 5.41) is 11.4. The molecule has 1 aliphatic heterocycles. The Balaban J connectivity index is 1.44. The number of amides is 1. The summed E-state index contributed by atoms with van der Waals surface area (Å²) in [5.41, 5.74) is 2.02. The quantitative estimate of drug-likeness (QED) is 0.215. The molecule has 4 rings (SSSR count). The lowest BCUT2D eigenvalue weighted by Gasteiger charge is -2.07. The van der Waals surface area contributed by atoms with E-state index in [9.17, 15) is 9.59 Å². The number of hydrogen-bond acceptors (Lipinski definition) is 9. The Kier molecular flexibility index (Phi) is 7.64. The largest absolute Gasteiger partial charge is 0.486 e. The SMILES string of the molecule is COC(=O)/C=C1/S/C(=N\N=Cc2ccccc2OCc2nc(-c3ccccc3Cl)oc2C)NC1=O. The first kappa shape index (κ1) is 24.2. The number of nitrogens with one attached hydrogen (secondary N) is 1. The van der Waals surface area contributed by atoms with Gasteiger partial charge in [0.2, 0.25) is 5.89 Å². The van der Waals surface area contributed by atoms with Gasteiger partial charge in [-0.2, -0.15) is 5.10 Å². The van der Waals surface area contributed by atoms with E-state index < -0.39 is 11.9 Å². The van der Waals surface area contributed by atoms with Crippen molar-refractivity contribution in [2.45, 2.75) is 13.5 Å². The van der Waals surface area contributed by atoms with Gasteiger partial charge in [-0.1, -0.05) is 35.9 Å². The third-order valence-corrected chi connectivity index (χ3v) is 5.96. The minimum absolute atomic E-state index is 0.173. The molecule has 35 heavy (non-hydrogen) atoms. The van der Waals surface area contributed by atoms with E-state index >= 15 is 0 Å². The van der Waals surface area contributed by atoms with Crippen molar-refractivity contribution in [1.29, 1.82) is 0 Å². The highest BCUT2D eigenvalue weighted by Gasteiger charge is 2.25. The zero-order valence-corrected chi connectivity index (χ0v) is 20.2. The van der Waals surface area contributed by atoms with Crippen molar-refractivity contribution in [1.82, 2.24) is 10.3 Å². The van der Waals surface area contributed by atoms with Crippen LogP contribution in [0, 0.1) is 6.92 Å². The molecule has 1 N–H and O–H groups in total. The first-order valence-electron chi connectivity index (χ1n) is 10.3. The van der Waals surface area contributed by atoms with Crippen LogP contribution in [0.25, 0.3) is 11.5 Å². The summed E-state index contributed by atoms with van der Waals surface area (Å²) < 4.78 is 16.3. The van der Waals surface area contributed by atoms with Gasteiger partial charge >= 0.3 is 5.97 Å². The molecule has 1 amide bonds. The van der Waals surface area contributed by atoms with Gasteiger partial charge < -0.3 is 13.9 Å². The predicted molar refractivity (Wildman–Crippen MR) is 133 cm³/mol. The number of aryl methyl sites for hydroxylation is 1. The van der Waals surface area contributed by atoms with Crippen molar-refractivity contribution < 1.29 is 23.5 Å². The second-order valence-corrected chi connectivity index (χ2v) is 8.50. The van der Waals surface area contributed by atoms with Crippen LogP contribution in [0.1, 0.15) is 17.0 Å². The molecule has 1 saturated heterocycles. The average molecular weight is 511 g/mol. The molecule has 3 aromatic rings. The zero-order chi connectivity index (χ0) is 24.8. The number of benzene rings is 2. The van der Waals surface area contributed by atoms with E-state index in [1.807, 2.05) is 43.3 Å². The smallest absolute Gasteiger partial charge is 0.331 e. The number of hydrogen-bond donors (Lipinski definition) is 1. The van der Waals surface area contributed by atoms with Gasteiger partial charge in [-0.25, -0.2) is 9.78 Å². The molecule has 0 bridgehead atoms. The number of para-hydroxylation sites is 1. The van der Waals surface area contributed by atoms with Gasteiger partial charge in [0.15, 0.2) is 5.17 Å². The number of halogens is 1. The Labute approximate surface area is 209 Å². The third-order valence-electron chi connectivity index (χ3n) is 4.73. The van der Waals surface area contributed by atoms with Crippen LogP contribution in [0.3, 0.4) is 0 Å². The topological polar surface area (TPSA) is 115 Å². The summed E-state index contributed by atoms with van der Waals surface area (Å²) in [5.74, 6) is 0.543. The van der Waals surface area contributed by atoms with E-state index in [1.54, 1.807) is 12.1 Å². The Morgan fingerprint density at radius 1 is 1.23 bits per heavy atom. The van der Waals surface area contributed by atoms with Crippen LogP contribution in [0.5, 0.6) is 5.75 Å². The highest BCUT2D eigenvalue weighted by atomic mass is 35.5. The third kappa shape index (κ3) is 5.97. The van der Waals surface area contributed by atoms with Crippen LogP contribution in [0.15, 0.2) is 74.1 Å². The van der Waals surface area contributed by atoms with E-state index in [2.05, 4.69) is 25.2 Å². The number of aromatic nitrogens is 1. The van der Waals surface area contributed by atoms with Gasteiger partial charge in [0.25, 0.3) is 5.91 Å². The second-order valence-electron chi connectivity index (χ2n) is 7.07. The molecular formula is C24H19ClN4O5S. The number of ether oxygens (including phenoxy) is 2. The first-order valence-corrected chi connectivity index (χ1v) is 11.5. The number of methoxy groups -OCH3 is 1. The number of carbonyl (C=O) groups is 2. The molecule has 0 spiro atoms. The van der Waals surface area contributed by atoms with Gasteiger partial charge in [-0.05, 0) is 43.0 Å². The fourth-order valence-corrected chi connectivity index (χ4v) is 3.92. The fraction of sp³-hybridized carbons (Fsp3) is 0.125. The first-order chi connectivity index (χ1) is 16.9. The maximum Gasteiger partial charge on any atom is 0.331 e. The van der Waals surface area contributed by atoms with Crippen LogP contribution < -0.4 is 10.1 Å². The maximum atomic E-state index is 11.9. The van der Waals surface area contributed by atoms with Crippen molar-refractivity contribution in [2.24, 2.45) is 10.2 Å². The van der Waals surface area contributed by atoms with E-state index in [0.29, 0.717) is 39.2 Å². The number of thioether (sulfide) groups is 1. The molecule has 0 radical (unpaired) electrons. The number of carbonyl (C=O) groups excluding carboxylic acids is 2. The molecule has 0 saturated carbocycles. The Hall–Kier alpha value is -3.89. The molecule has 11 heteroatoms. The van der Waals surface area contributed by atoms with Crippen molar-refractivity contribution in [3.05, 3.63) is 81.6 Å². The Bertz CT molecular complexity index is 1370. The molecule has 0 aliphatic carbocycles. The molecule has 1 aliphatic rings. The van der Waals surface area contributed by atoms with Crippen LogP contribution in [0.4, 0.5) is 0 Å². The summed E-state index contributed by atoms with van der Waals surface area (Å²) in [6.45, 7) is 1.98. The predicted octanol–water partition coefficient (Wildman–Crippen LogP) is 4.49. The summed E-state index contributed by atoms with van der Waals surface area (Å²) in [4.78, 5) is 27.9. The summed E-state index contributed by atoms with van der Waals surface area (Å²) in [7, 11) is 1.23. The van der Waals surface area contributed by atoms with Gasteiger partial charge in [-0.3, -0.25) is 10.1 Å². The van der Waals surface area contributed by atoms with Crippen molar-refractivity contribution >= 4 is 46.6 Å². The molecular weight excluding hydrogens is 492 g/mol. The van der Waals surface area contributed by atoms with Crippen LogP contribution in [0.2, 0.25) is 5.02 Å². The minimum Gasteiger partial charge on any atom is -0.486 e. The lowest BCUT2D eigenvalue weighted by Crippen LogP contribution is -2.19. The number of oxazole rings is 1. The number of rotatable bonds is 7. The molecule has 1 aromatic heterocycles. The molecule has 0 atom stereocenters. The van der Waals surface area contributed by atoms with Crippen LogP contribution >= 0.6 is 23.4 Å². The summed E-state index contributed by atoms with van der Waals surface area (Å²) in [6, 6.07) is 14.6. The highest BCUT2D eigenvalue weighted by Crippen LogP contribution is 2.29. The van der Waals surface area contributed by atoms with Gasteiger partial charge in [0.1, 0.15) is 23.8 Å². The molecule has 2 aromatic carbocycles. The van der Waals surface area contributed by atoms with E-state index in [4.69, 9.17) is 20.8 Å². The fourth-order valence-electron chi connectivity index (χ4n) is 2.96. The Morgan fingerprint density at radius 2 is 2.00 bits per heavy atom. The minimum atomic E-state index is -0.625. The van der Waals surface area contributed by atoms with Crippen LogP contribution in [-0.4, -0.2) is 35.4 Å². The number of nitrogens with zero attached hydrogens (tertiary/aromatic N) is 3. The standard InChI is InChI=1S/C24H19ClN4O5S/c1-14-18(27-23(34-14)16-8-4-5-9-17(16)25)13-33-19-10-6-3-7-15(19)12-26-29-24-28-22(31)20(35-24)11-21(30)32-2/h3-12H,13H2,1-2H3,(H,28,29,31)/b20-11+,26-12?. The van der Waals surface area contributed by atoms with Crippen molar-refractivity contribution in [3.63, 3.8) is 0 Å². The highest BCUT2D eigenvalue weighted by molar-refractivity contribution is 8.18. The lowest BCUT2D eigenvalue weighted by molar-refractivity contribution is -0.135. The summed E-state index contributed by atoms with van der Waals surface area (Å²) in [6.07, 6.45) is 2.60. The normalized spacial score (nSPS) is 15.7. The molecule has 178 valence electrons. The van der Waals surface area contributed by atoms with Gasteiger partial charge in [-0.15, -0.1) is 5.10 Å². The zero-order valence-electron chi connectivity index (χ0n) is 18.6. The Morgan fingerprint density at radius 3 is 2.80 bits per heavy atom. The lowest BCUT2D eigenvalue weighted by atomic mass is 10.2. The summed E-state index contributed by atoms with van der Waals surface area (Å²) >= 11 is 7.24. The molecule has 9 nitrogen and oxygen atoms in total. The van der Waals surface area contributed by atoms with E-state index in [-0.39, 0.29) is 16.7 Å². The van der Waals surface area contributed by atoms with Crippen LogP contribution in [-0.2, 0) is 20.9 Å². The number of amidine groups is 1. The monoisotopic (exact) mass is 510 g/mol. The molecule has 1 fully saturated rings. The van der Waals surface area contributed by atoms with Crippen molar-refractivity contribution in [2.75, 3.05) is 7.11 Å². The van der Waals surface area contributed by atoms with Gasteiger partial charge in [0, 0.05) is 11.6 Å². The average Bonchev–Trinajstić information content (AvgIpc) is 3.39. The van der Waals surface area contributed by atoms with Crippen molar-refractivity contribution in [3.8, 4) is 17.2 Å². The maximum absolute atomic E-state index is 11.9.